The molecule has 3 heteroatoms. The Labute approximate surface area is 135 Å². The van der Waals surface area contributed by atoms with Gasteiger partial charge in [-0.3, -0.25) is 4.79 Å². The van der Waals surface area contributed by atoms with Gasteiger partial charge in [0.2, 0.25) is 0 Å². The van der Waals surface area contributed by atoms with Crippen molar-refractivity contribution in [1.29, 1.82) is 0 Å². The first-order chi connectivity index (χ1) is 11.1. The van der Waals surface area contributed by atoms with E-state index < -0.39 is 0 Å². The van der Waals surface area contributed by atoms with Gasteiger partial charge < -0.3 is 10.1 Å². The monoisotopic (exact) mass is 305 g/mol. The van der Waals surface area contributed by atoms with Crippen molar-refractivity contribution in [2.75, 3.05) is 5.32 Å². The zero-order valence-corrected chi connectivity index (χ0v) is 13.2. The lowest BCUT2D eigenvalue weighted by molar-refractivity contribution is 0.102. The number of nitrogens with one attached hydrogen (secondary N) is 1. The number of hydrogen-bond donors (Lipinski definition) is 1. The SMILES string of the molecule is CC(C)Oc1ccc(C(=O)Nc2cccc3ccccc23)cc1. The topological polar surface area (TPSA) is 38.3 Å². The molecule has 1 N–H and O–H groups in total. The highest BCUT2D eigenvalue weighted by atomic mass is 16.5. The highest BCUT2D eigenvalue weighted by molar-refractivity contribution is 6.09. The Balaban J connectivity index is 1.81. The molecule has 0 fully saturated rings. The molecule has 3 aromatic carbocycles. The number of benzene rings is 3. The molecule has 0 bridgehead atoms. The van der Waals surface area contributed by atoms with Gasteiger partial charge in [-0.2, -0.15) is 0 Å². The Kier molecular flexibility index (Phi) is 4.29. The molecule has 0 aromatic heterocycles. The van der Waals surface area contributed by atoms with E-state index in [1.54, 1.807) is 12.1 Å². The maximum absolute atomic E-state index is 12.4. The number of anilines is 1. The van der Waals surface area contributed by atoms with Crippen LogP contribution in [0, 0.1) is 0 Å². The Hall–Kier alpha value is -2.81. The van der Waals surface area contributed by atoms with Gasteiger partial charge in [0.1, 0.15) is 5.75 Å². The summed E-state index contributed by atoms with van der Waals surface area (Å²) >= 11 is 0. The maximum Gasteiger partial charge on any atom is 0.255 e. The van der Waals surface area contributed by atoms with Crippen molar-refractivity contribution in [2.45, 2.75) is 20.0 Å². The van der Waals surface area contributed by atoms with Crippen LogP contribution in [0.1, 0.15) is 24.2 Å². The van der Waals surface area contributed by atoms with Crippen LogP contribution in [0.4, 0.5) is 5.69 Å². The quantitative estimate of drug-likeness (QED) is 0.746. The maximum atomic E-state index is 12.4. The van der Waals surface area contributed by atoms with Crippen LogP contribution in [0.25, 0.3) is 10.8 Å². The summed E-state index contributed by atoms with van der Waals surface area (Å²) < 4.78 is 5.59. The normalized spacial score (nSPS) is 10.7. The number of fused-ring (bicyclic) bond motifs is 1. The van der Waals surface area contributed by atoms with Gasteiger partial charge in [-0.15, -0.1) is 0 Å². The minimum atomic E-state index is -0.127. The molecular weight excluding hydrogens is 286 g/mol. The van der Waals surface area contributed by atoms with Gasteiger partial charge in [0.25, 0.3) is 5.91 Å². The van der Waals surface area contributed by atoms with Crippen LogP contribution in [-0.2, 0) is 0 Å². The van der Waals surface area contributed by atoms with Crippen LogP contribution in [0.3, 0.4) is 0 Å². The van der Waals surface area contributed by atoms with E-state index in [-0.39, 0.29) is 12.0 Å². The highest BCUT2D eigenvalue weighted by Crippen LogP contribution is 2.23. The van der Waals surface area contributed by atoms with Gasteiger partial charge in [-0.1, -0.05) is 36.4 Å². The van der Waals surface area contributed by atoms with E-state index in [0.29, 0.717) is 5.56 Å². The van der Waals surface area contributed by atoms with Crippen LogP contribution >= 0.6 is 0 Å². The molecule has 0 spiro atoms. The second kappa shape index (κ2) is 6.53. The molecule has 3 aromatic rings. The van der Waals surface area contributed by atoms with E-state index in [1.807, 2.05) is 68.4 Å². The summed E-state index contributed by atoms with van der Waals surface area (Å²) in [6, 6.07) is 21.1. The molecule has 3 rings (SSSR count). The fraction of sp³-hybridized carbons (Fsp3) is 0.150. The first-order valence-corrected chi connectivity index (χ1v) is 7.69. The van der Waals surface area contributed by atoms with Crippen LogP contribution in [0.5, 0.6) is 5.75 Å². The molecule has 0 atom stereocenters. The van der Waals surface area contributed by atoms with E-state index in [1.165, 1.54) is 0 Å². The Morgan fingerprint density at radius 1 is 0.913 bits per heavy atom. The fourth-order valence-corrected chi connectivity index (χ4v) is 2.49. The van der Waals surface area contributed by atoms with Crippen molar-refractivity contribution in [2.24, 2.45) is 0 Å². The molecule has 0 saturated heterocycles. The third-order valence-corrected chi connectivity index (χ3v) is 3.53. The Bertz CT molecular complexity index is 817. The molecule has 3 nitrogen and oxygen atoms in total. The van der Waals surface area contributed by atoms with Gasteiger partial charge in [0.15, 0.2) is 0 Å². The largest absolute Gasteiger partial charge is 0.491 e. The summed E-state index contributed by atoms with van der Waals surface area (Å²) in [6.45, 7) is 3.95. The standard InChI is InChI=1S/C20H19NO2/c1-14(2)23-17-12-10-16(11-13-17)20(22)21-19-9-5-7-15-6-3-4-8-18(15)19/h3-14H,1-2H3,(H,21,22). The molecule has 0 heterocycles. The van der Waals surface area contributed by atoms with E-state index in [2.05, 4.69) is 5.32 Å². The average molecular weight is 305 g/mol. The molecule has 0 unspecified atom stereocenters. The summed E-state index contributed by atoms with van der Waals surface area (Å²) in [6.07, 6.45) is 0.116. The predicted molar refractivity (Wildman–Crippen MR) is 94.1 cm³/mol. The van der Waals surface area contributed by atoms with Crippen molar-refractivity contribution in [3.8, 4) is 5.75 Å². The smallest absolute Gasteiger partial charge is 0.255 e. The molecule has 116 valence electrons. The van der Waals surface area contributed by atoms with Crippen molar-refractivity contribution >= 4 is 22.4 Å². The van der Waals surface area contributed by atoms with E-state index in [9.17, 15) is 4.79 Å². The number of rotatable bonds is 4. The van der Waals surface area contributed by atoms with Crippen LogP contribution < -0.4 is 10.1 Å². The first kappa shape index (κ1) is 15.1. The minimum absolute atomic E-state index is 0.116. The zero-order chi connectivity index (χ0) is 16.2. The number of carbonyl (C=O) groups excluding carboxylic acids is 1. The second-order valence-electron chi connectivity index (χ2n) is 5.67. The lowest BCUT2D eigenvalue weighted by Crippen LogP contribution is -2.12. The third-order valence-electron chi connectivity index (χ3n) is 3.53. The van der Waals surface area contributed by atoms with Crippen LogP contribution in [-0.4, -0.2) is 12.0 Å². The van der Waals surface area contributed by atoms with Crippen LogP contribution in [0.15, 0.2) is 66.7 Å². The molecule has 0 saturated carbocycles. The summed E-state index contributed by atoms with van der Waals surface area (Å²) in [4.78, 5) is 12.4. The highest BCUT2D eigenvalue weighted by Gasteiger charge is 2.08. The number of ether oxygens (including phenoxy) is 1. The van der Waals surface area contributed by atoms with Crippen molar-refractivity contribution < 1.29 is 9.53 Å². The summed E-state index contributed by atoms with van der Waals surface area (Å²) in [5, 5.41) is 5.12. The van der Waals surface area contributed by atoms with Gasteiger partial charge >= 0.3 is 0 Å². The van der Waals surface area contributed by atoms with Crippen molar-refractivity contribution in [3.63, 3.8) is 0 Å². The molecule has 0 radical (unpaired) electrons. The lowest BCUT2D eigenvalue weighted by Gasteiger charge is -2.11. The van der Waals surface area contributed by atoms with Gasteiger partial charge in [-0.05, 0) is 49.6 Å². The second-order valence-corrected chi connectivity index (χ2v) is 5.67. The predicted octanol–water partition coefficient (Wildman–Crippen LogP) is 4.88. The van der Waals surface area contributed by atoms with Gasteiger partial charge in [0, 0.05) is 16.6 Å². The zero-order valence-electron chi connectivity index (χ0n) is 13.2. The average Bonchev–Trinajstić information content (AvgIpc) is 2.55. The Morgan fingerprint density at radius 3 is 2.35 bits per heavy atom. The number of carbonyl (C=O) groups is 1. The summed E-state index contributed by atoms with van der Waals surface area (Å²) in [5.74, 6) is 0.638. The molecule has 0 aliphatic heterocycles. The molecular formula is C20H19NO2. The summed E-state index contributed by atoms with van der Waals surface area (Å²) in [5.41, 5.74) is 1.42. The summed E-state index contributed by atoms with van der Waals surface area (Å²) in [7, 11) is 0. The van der Waals surface area contributed by atoms with Crippen molar-refractivity contribution in [1.82, 2.24) is 0 Å². The number of hydrogen-bond acceptors (Lipinski definition) is 2. The molecule has 0 aliphatic carbocycles. The molecule has 1 amide bonds. The third kappa shape index (κ3) is 3.51. The molecule has 23 heavy (non-hydrogen) atoms. The Morgan fingerprint density at radius 2 is 1.61 bits per heavy atom. The molecule has 0 aliphatic rings. The first-order valence-electron chi connectivity index (χ1n) is 7.69. The minimum Gasteiger partial charge on any atom is -0.491 e. The van der Waals surface area contributed by atoms with Crippen LogP contribution in [0.2, 0.25) is 0 Å². The van der Waals surface area contributed by atoms with Gasteiger partial charge in [0.05, 0.1) is 6.10 Å². The van der Waals surface area contributed by atoms with E-state index in [0.717, 1.165) is 22.2 Å². The van der Waals surface area contributed by atoms with E-state index >= 15 is 0 Å². The van der Waals surface area contributed by atoms with E-state index in [4.69, 9.17) is 4.74 Å². The lowest BCUT2D eigenvalue weighted by atomic mass is 10.1. The fourth-order valence-electron chi connectivity index (χ4n) is 2.49. The van der Waals surface area contributed by atoms with Gasteiger partial charge in [-0.25, -0.2) is 0 Å². The van der Waals surface area contributed by atoms with Crippen molar-refractivity contribution in [3.05, 3.63) is 72.3 Å². The number of amides is 1.